The molecule has 19 heavy (non-hydrogen) atoms. The highest BCUT2D eigenvalue weighted by molar-refractivity contribution is 6.44. The summed E-state index contributed by atoms with van der Waals surface area (Å²) in [5, 5.41) is 5.16. The van der Waals surface area contributed by atoms with E-state index in [1.165, 1.54) is 12.8 Å². The predicted molar refractivity (Wildman–Crippen MR) is 83.4 cm³/mol. The summed E-state index contributed by atoms with van der Waals surface area (Å²) >= 11 is 18.3. The van der Waals surface area contributed by atoms with E-state index in [-0.39, 0.29) is 0 Å². The van der Waals surface area contributed by atoms with Crippen LogP contribution < -0.4 is 5.32 Å². The van der Waals surface area contributed by atoms with E-state index < -0.39 is 0 Å². The fourth-order valence-corrected chi connectivity index (χ4v) is 2.89. The largest absolute Gasteiger partial charge is 0.311 e. The molecule has 2 nitrogen and oxygen atoms in total. The average molecular weight is 322 g/mol. The fraction of sp³-hybridized carbons (Fsp3) is 0.571. The van der Waals surface area contributed by atoms with Crippen molar-refractivity contribution in [3.05, 3.63) is 32.8 Å². The van der Waals surface area contributed by atoms with Crippen LogP contribution in [-0.2, 0) is 6.54 Å². The number of nitrogens with zero attached hydrogens (tertiary/aromatic N) is 1. The van der Waals surface area contributed by atoms with E-state index in [9.17, 15) is 0 Å². The summed E-state index contributed by atoms with van der Waals surface area (Å²) in [7, 11) is 0. The molecule has 2 rings (SSSR count). The Bertz CT molecular complexity index is 433. The highest BCUT2D eigenvalue weighted by Gasteiger charge is 2.27. The van der Waals surface area contributed by atoms with Gasteiger partial charge in [-0.2, -0.15) is 0 Å². The van der Waals surface area contributed by atoms with Crippen molar-refractivity contribution in [3.63, 3.8) is 0 Å². The quantitative estimate of drug-likeness (QED) is 0.597. The first-order chi connectivity index (χ1) is 9.13. The number of hydrogen-bond acceptors (Lipinski definition) is 2. The lowest BCUT2D eigenvalue weighted by molar-refractivity contribution is 0.277. The third kappa shape index (κ3) is 4.24. The molecule has 1 aliphatic carbocycles. The monoisotopic (exact) mass is 320 g/mol. The Hall–Kier alpha value is 0.01000. The molecule has 0 aromatic heterocycles. The summed E-state index contributed by atoms with van der Waals surface area (Å²) in [6.07, 6.45) is 2.69. The number of likely N-dealkylation sites (N-methyl/N-ethyl adjacent to an activating group) is 1. The molecule has 1 fully saturated rings. The zero-order valence-corrected chi connectivity index (χ0v) is 13.3. The summed E-state index contributed by atoms with van der Waals surface area (Å²) in [5.41, 5.74) is 0.880. The van der Waals surface area contributed by atoms with Gasteiger partial charge in [-0.1, -0.05) is 41.7 Å². The molecule has 0 atom stereocenters. The normalized spacial score (nSPS) is 15.2. The molecule has 0 aliphatic heterocycles. The molecule has 1 N–H and O–H groups in total. The van der Waals surface area contributed by atoms with Crippen LogP contribution in [0, 0.1) is 0 Å². The second-order valence-electron chi connectivity index (χ2n) is 4.86. The lowest BCUT2D eigenvalue weighted by Gasteiger charge is -2.20. The molecule has 0 amide bonds. The van der Waals surface area contributed by atoms with Crippen molar-refractivity contribution in [3.8, 4) is 0 Å². The van der Waals surface area contributed by atoms with E-state index in [1.807, 2.05) is 0 Å². The van der Waals surface area contributed by atoms with E-state index in [4.69, 9.17) is 34.8 Å². The Morgan fingerprint density at radius 3 is 2.53 bits per heavy atom. The van der Waals surface area contributed by atoms with Gasteiger partial charge in [-0.15, -0.1) is 0 Å². The average Bonchev–Trinajstić information content (AvgIpc) is 3.22. The van der Waals surface area contributed by atoms with Crippen molar-refractivity contribution in [2.24, 2.45) is 0 Å². The Morgan fingerprint density at radius 1 is 1.21 bits per heavy atom. The van der Waals surface area contributed by atoms with Crippen molar-refractivity contribution < 1.29 is 0 Å². The van der Waals surface area contributed by atoms with E-state index >= 15 is 0 Å². The van der Waals surface area contributed by atoms with Crippen LogP contribution in [0.3, 0.4) is 0 Å². The van der Waals surface area contributed by atoms with Gasteiger partial charge in [0.25, 0.3) is 0 Å². The minimum atomic E-state index is 0.552. The van der Waals surface area contributed by atoms with Gasteiger partial charge in [0.2, 0.25) is 0 Å². The molecule has 1 aromatic carbocycles. The van der Waals surface area contributed by atoms with Gasteiger partial charge in [0.15, 0.2) is 0 Å². The van der Waals surface area contributed by atoms with Gasteiger partial charge in [0.1, 0.15) is 0 Å². The van der Waals surface area contributed by atoms with Gasteiger partial charge in [-0.3, -0.25) is 4.90 Å². The molecule has 5 heteroatoms. The summed E-state index contributed by atoms with van der Waals surface area (Å²) in [5.74, 6) is 0. The van der Waals surface area contributed by atoms with Crippen LogP contribution in [-0.4, -0.2) is 30.6 Å². The maximum Gasteiger partial charge on any atom is 0.0652 e. The summed E-state index contributed by atoms with van der Waals surface area (Å²) in [6.45, 7) is 5.98. The summed E-state index contributed by atoms with van der Waals surface area (Å²) in [6, 6.07) is 4.32. The lowest BCUT2D eigenvalue weighted by atomic mass is 10.2. The van der Waals surface area contributed by atoms with Crippen molar-refractivity contribution in [1.29, 1.82) is 0 Å². The van der Waals surface area contributed by atoms with Crippen molar-refractivity contribution in [2.45, 2.75) is 32.4 Å². The van der Waals surface area contributed by atoms with Crippen LogP contribution in [0.1, 0.15) is 25.3 Å². The molecule has 0 unspecified atom stereocenters. The van der Waals surface area contributed by atoms with Crippen molar-refractivity contribution in [1.82, 2.24) is 10.2 Å². The van der Waals surface area contributed by atoms with E-state index in [0.717, 1.165) is 31.2 Å². The zero-order valence-electron chi connectivity index (χ0n) is 11.1. The molecule has 1 aliphatic rings. The molecular formula is C14H19Cl3N2. The van der Waals surface area contributed by atoms with Gasteiger partial charge < -0.3 is 5.32 Å². The van der Waals surface area contributed by atoms with Gasteiger partial charge in [-0.05, 0) is 31.5 Å². The molecule has 106 valence electrons. The van der Waals surface area contributed by atoms with Crippen LogP contribution in [0.2, 0.25) is 15.1 Å². The van der Waals surface area contributed by atoms with E-state index in [0.29, 0.717) is 21.6 Å². The first-order valence-electron chi connectivity index (χ1n) is 6.70. The molecule has 0 radical (unpaired) electrons. The number of halogens is 3. The highest BCUT2D eigenvalue weighted by atomic mass is 35.5. The zero-order chi connectivity index (χ0) is 13.8. The van der Waals surface area contributed by atoms with E-state index in [2.05, 4.69) is 17.1 Å². The van der Waals surface area contributed by atoms with Crippen LogP contribution in [0.15, 0.2) is 12.1 Å². The second kappa shape index (κ2) is 7.14. The molecule has 0 heterocycles. The van der Waals surface area contributed by atoms with Gasteiger partial charge in [0, 0.05) is 36.3 Å². The maximum atomic E-state index is 6.16. The molecule has 1 aromatic rings. The maximum absolute atomic E-state index is 6.16. The highest BCUT2D eigenvalue weighted by Crippen LogP contribution is 2.31. The van der Waals surface area contributed by atoms with Crippen molar-refractivity contribution >= 4 is 34.8 Å². The Morgan fingerprint density at radius 2 is 1.89 bits per heavy atom. The standard InChI is InChI=1S/C14H19Cl3N2/c1-2-19(10-3-4-10)8-7-18-9-11-12(15)5-6-13(16)14(11)17/h5-6,10,18H,2-4,7-9H2,1H3. The first-order valence-corrected chi connectivity index (χ1v) is 7.84. The van der Waals surface area contributed by atoms with Gasteiger partial charge in [0.05, 0.1) is 10.0 Å². The molecular weight excluding hydrogens is 303 g/mol. The van der Waals surface area contributed by atoms with Crippen LogP contribution in [0.25, 0.3) is 0 Å². The topological polar surface area (TPSA) is 15.3 Å². The lowest BCUT2D eigenvalue weighted by Crippen LogP contribution is -2.33. The Balaban J connectivity index is 1.80. The van der Waals surface area contributed by atoms with Crippen LogP contribution in [0.4, 0.5) is 0 Å². The Kier molecular flexibility index (Phi) is 5.79. The summed E-state index contributed by atoms with van der Waals surface area (Å²) in [4.78, 5) is 2.51. The number of hydrogen-bond donors (Lipinski definition) is 1. The third-order valence-corrected chi connectivity index (χ3v) is 4.68. The van der Waals surface area contributed by atoms with Crippen molar-refractivity contribution in [2.75, 3.05) is 19.6 Å². The van der Waals surface area contributed by atoms with Crippen LogP contribution in [0.5, 0.6) is 0 Å². The number of rotatable bonds is 7. The molecule has 0 saturated heterocycles. The fourth-order valence-electron chi connectivity index (χ4n) is 2.21. The third-order valence-electron chi connectivity index (χ3n) is 3.49. The molecule has 1 saturated carbocycles. The molecule has 0 bridgehead atoms. The first kappa shape index (κ1) is 15.4. The number of benzene rings is 1. The smallest absolute Gasteiger partial charge is 0.0652 e. The summed E-state index contributed by atoms with van der Waals surface area (Å²) < 4.78 is 0. The van der Waals surface area contributed by atoms with Gasteiger partial charge in [-0.25, -0.2) is 0 Å². The molecule has 0 spiro atoms. The Labute approximate surface area is 130 Å². The van der Waals surface area contributed by atoms with Crippen LogP contribution >= 0.6 is 34.8 Å². The second-order valence-corrected chi connectivity index (χ2v) is 6.05. The SMILES string of the molecule is CCN(CCNCc1c(Cl)ccc(Cl)c1Cl)C1CC1. The minimum Gasteiger partial charge on any atom is -0.311 e. The van der Waals surface area contributed by atoms with Gasteiger partial charge >= 0.3 is 0 Å². The number of nitrogens with one attached hydrogen (secondary N) is 1. The van der Waals surface area contributed by atoms with E-state index in [1.54, 1.807) is 12.1 Å². The minimum absolute atomic E-state index is 0.552. The predicted octanol–water partition coefficient (Wildman–Crippen LogP) is 4.22.